The SMILES string of the molecule is COc1cccc(Cl)c1CNCC1CCCS1(=O)=O. The highest BCUT2D eigenvalue weighted by atomic mass is 35.5. The minimum absolute atomic E-state index is 0.263. The molecule has 1 aliphatic heterocycles. The van der Waals surface area contributed by atoms with Gasteiger partial charge < -0.3 is 10.1 Å². The third-order valence-electron chi connectivity index (χ3n) is 3.43. The molecule has 1 aliphatic rings. The average molecular weight is 304 g/mol. The van der Waals surface area contributed by atoms with Crippen LogP contribution in [0.25, 0.3) is 0 Å². The molecule has 0 saturated carbocycles. The van der Waals surface area contributed by atoms with E-state index in [1.807, 2.05) is 12.1 Å². The van der Waals surface area contributed by atoms with E-state index in [0.717, 1.165) is 18.4 Å². The topological polar surface area (TPSA) is 55.4 Å². The number of nitrogens with one attached hydrogen (secondary N) is 1. The number of rotatable bonds is 5. The van der Waals surface area contributed by atoms with Gasteiger partial charge in [0.15, 0.2) is 9.84 Å². The zero-order valence-electron chi connectivity index (χ0n) is 10.9. The molecule has 1 fully saturated rings. The first-order valence-corrected chi connectivity index (χ1v) is 8.37. The van der Waals surface area contributed by atoms with Gasteiger partial charge in [0.25, 0.3) is 0 Å². The Morgan fingerprint density at radius 3 is 2.89 bits per heavy atom. The Balaban J connectivity index is 1.96. The number of ether oxygens (including phenoxy) is 1. The van der Waals surface area contributed by atoms with Gasteiger partial charge in [-0.3, -0.25) is 0 Å². The Bertz CT molecular complexity index is 545. The van der Waals surface area contributed by atoms with Crippen molar-refractivity contribution in [3.8, 4) is 5.75 Å². The standard InChI is InChI=1S/C13H18ClNO3S/c1-18-13-6-2-5-12(14)11(13)9-15-8-10-4-3-7-19(10,16)17/h2,5-6,10,15H,3-4,7-9H2,1H3. The molecule has 0 aliphatic carbocycles. The molecule has 0 aromatic heterocycles. The fourth-order valence-electron chi connectivity index (χ4n) is 2.35. The summed E-state index contributed by atoms with van der Waals surface area (Å²) in [5, 5.41) is 3.53. The van der Waals surface area contributed by atoms with Crippen LogP contribution in [-0.4, -0.2) is 33.1 Å². The summed E-state index contributed by atoms with van der Waals surface area (Å²) in [5.74, 6) is 1.03. The Morgan fingerprint density at radius 2 is 2.26 bits per heavy atom. The van der Waals surface area contributed by atoms with Gasteiger partial charge in [-0.25, -0.2) is 8.42 Å². The van der Waals surface area contributed by atoms with Crippen LogP contribution in [0.2, 0.25) is 5.02 Å². The molecule has 1 N–H and O–H groups in total. The van der Waals surface area contributed by atoms with Gasteiger partial charge in [0, 0.05) is 23.7 Å². The van der Waals surface area contributed by atoms with Crippen molar-refractivity contribution in [2.45, 2.75) is 24.6 Å². The predicted molar refractivity (Wildman–Crippen MR) is 76.5 cm³/mol. The number of methoxy groups -OCH3 is 1. The molecule has 1 saturated heterocycles. The largest absolute Gasteiger partial charge is 0.496 e. The molecule has 1 aromatic carbocycles. The van der Waals surface area contributed by atoms with E-state index in [1.165, 1.54) is 0 Å². The van der Waals surface area contributed by atoms with Crippen molar-refractivity contribution in [2.24, 2.45) is 0 Å². The fourth-order valence-corrected chi connectivity index (χ4v) is 4.38. The molecule has 0 bridgehead atoms. The lowest BCUT2D eigenvalue weighted by atomic mass is 10.2. The van der Waals surface area contributed by atoms with Crippen molar-refractivity contribution in [1.82, 2.24) is 5.32 Å². The lowest BCUT2D eigenvalue weighted by Gasteiger charge is -2.13. The molecule has 6 heteroatoms. The summed E-state index contributed by atoms with van der Waals surface area (Å²) in [7, 11) is -1.30. The van der Waals surface area contributed by atoms with Crippen LogP contribution >= 0.6 is 11.6 Å². The van der Waals surface area contributed by atoms with Gasteiger partial charge in [0.2, 0.25) is 0 Å². The average Bonchev–Trinajstić information content (AvgIpc) is 2.70. The summed E-state index contributed by atoms with van der Waals surface area (Å²) in [6.07, 6.45) is 1.51. The number of hydrogen-bond acceptors (Lipinski definition) is 4. The first-order chi connectivity index (χ1) is 9.04. The molecule has 0 radical (unpaired) electrons. The van der Waals surface area contributed by atoms with Crippen LogP contribution < -0.4 is 10.1 Å². The summed E-state index contributed by atoms with van der Waals surface area (Å²) in [4.78, 5) is 0. The highest BCUT2D eigenvalue weighted by molar-refractivity contribution is 7.92. The van der Waals surface area contributed by atoms with E-state index < -0.39 is 9.84 Å². The quantitative estimate of drug-likeness (QED) is 0.904. The molecule has 19 heavy (non-hydrogen) atoms. The van der Waals surface area contributed by atoms with E-state index in [-0.39, 0.29) is 5.25 Å². The third-order valence-corrected chi connectivity index (χ3v) is 6.06. The summed E-state index contributed by atoms with van der Waals surface area (Å²) >= 11 is 6.12. The van der Waals surface area contributed by atoms with Crippen molar-refractivity contribution in [3.05, 3.63) is 28.8 Å². The molecule has 106 valence electrons. The molecule has 4 nitrogen and oxygen atoms in total. The molecule has 1 aromatic rings. The van der Waals surface area contributed by atoms with Gasteiger partial charge in [0.05, 0.1) is 18.1 Å². The van der Waals surface area contributed by atoms with Crippen molar-refractivity contribution in [2.75, 3.05) is 19.4 Å². The molecular formula is C13H18ClNO3S. The van der Waals surface area contributed by atoms with Crippen LogP contribution in [0.3, 0.4) is 0 Å². The molecule has 1 atom stereocenters. The summed E-state index contributed by atoms with van der Waals surface area (Å²) in [5.41, 5.74) is 0.863. The third kappa shape index (κ3) is 3.41. The summed E-state index contributed by atoms with van der Waals surface area (Å²) in [6.45, 7) is 0.978. The molecule has 1 unspecified atom stereocenters. The maximum Gasteiger partial charge on any atom is 0.154 e. The zero-order chi connectivity index (χ0) is 13.9. The van der Waals surface area contributed by atoms with E-state index >= 15 is 0 Å². The van der Waals surface area contributed by atoms with Gasteiger partial charge >= 0.3 is 0 Å². The monoisotopic (exact) mass is 303 g/mol. The smallest absolute Gasteiger partial charge is 0.154 e. The van der Waals surface area contributed by atoms with E-state index in [4.69, 9.17) is 16.3 Å². The van der Waals surface area contributed by atoms with E-state index in [0.29, 0.717) is 29.6 Å². The number of hydrogen-bond donors (Lipinski definition) is 1. The van der Waals surface area contributed by atoms with Crippen molar-refractivity contribution >= 4 is 21.4 Å². The highest BCUT2D eigenvalue weighted by Crippen LogP contribution is 2.26. The Kier molecular flexibility index (Phi) is 4.71. The Hall–Kier alpha value is -0.780. The summed E-state index contributed by atoms with van der Waals surface area (Å²) < 4.78 is 28.7. The molecule has 2 rings (SSSR count). The van der Waals surface area contributed by atoms with Crippen molar-refractivity contribution in [3.63, 3.8) is 0 Å². The van der Waals surface area contributed by atoms with Gasteiger partial charge in [-0.15, -0.1) is 0 Å². The second-order valence-electron chi connectivity index (χ2n) is 4.68. The van der Waals surface area contributed by atoms with Crippen molar-refractivity contribution < 1.29 is 13.2 Å². The normalized spacial score (nSPS) is 21.5. The van der Waals surface area contributed by atoms with Gasteiger partial charge in [-0.05, 0) is 25.0 Å². The maximum atomic E-state index is 11.7. The lowest BCUT2D eigenvalue weighted by molar-refractivity contribution is 0.407. The number of benzene rings is 1. The Labute approximate surface area is 119 Å². The zero-order valence-corrected chi connectivity index (χ0v) is 12.4. The highest BCUT2D eigenvalue weighted by Gasteiger charge is 2.30. The predicted octanol–water partition coefficient (Wildman–Crippen LogP) is 2.02. The molecule has 1 heterocycles. The van der Waals surface area contributed by atoms with Gasteiger partial charge in [-0.1, -0.05) is 17.7 Å². The second kappa shape index (κ2) is 6.11. The number of sulfone groups is 1. The first kappa shape index (κ1) is 14.6. The minimum atomic E-state index is -2.89. The number of halogens is 1. The minimum Gasteiger partial charge on any atom is -0.496 e. The van der Waals surface area contributed by atoms with E-state index in [1.54, 1.807) is 13.2 Å². The molecule has 0 amide bonds. The van der Waals surface area contributed by atoms with Crippen LogP contribution in [0.15, 0.2) is 18.2 Å². The van der Waals surface area contributed by atoms with Gasteiger partial charge in [0.1, 0.15) is 5.75 Å². The summed E-state index contributed by atoms with van der Waals surface area (Å²) in [6, 6.07) is 5.47. The molecular weight excluding hydrogens is 286 g/mol. The van der Waals surface area contributed by atoms with E-state index in [9.17, 15) is 8.42 Å². The second-order valence-corrected chi connectivity index (χ2v) is 7.49. The van der Waals surface area contributed by atoms with Gasteiger partial charge in [-0.2, -0.15) is 0 Å². The van der Waals surface area contributed by atoms with Crippen LogP contribution in [0.4, 0.5) is 0 Å². The van der Waals surface area contributed by atoms with Crippen LogP contribution in [0.1, 0.15) is 18.4 Å². The van der Waals surface area contributed by atoms with Crippen LogP contribution in [0, 0.1) is 0 Å². The molecule has 0 spiro atoms. The maximum absolute atomic E-state index is 11.7. The lowest BCUT2D eigenvalue weighted by Crippen LogP contribution is -2.30. The van der Waals surface area contributed by atoms with Crippen molar-refractivity contribution in [1.29, 1.82) is 0 Å². The van der Waals surface area contributed by atoms with Crippen LogP contribution in [0.5, 0.6) is 5.75 Å². The Morgan fingerprint density at radius 1 is 1.47 bits per heavy atom. The first-order valence-electron chi connectivity index (χ1n) is 6.28. The van der Waals surface area contributed by atoms with E-state index in [2.05, 4.69) is 5.32 Å². The van der Waals surface area contributed by atoms with Crippen LogP contribution in [-0.2, 0) is 16.4 Å². The fraction of sp³-hybridized carbons (Fsp3) is 0.538.